The first kappa shape index (κ1) is 37.0. The van der Waals surface area contributed by atoms with Crippen LogP contribution in [-0.2, 0) is 19.2 Å². The molecule has 5 aromatic rings. The van der Waals surface area contributed by atoms with Crippen molar-refractivity contribution in [1.82, 2.24) is 0 Å². The first-order valence-corrected chi connectivity index (χ1v) is 15.4. The van der Waals surface area contributed by atoms with Crippen molar-refractivity contribution in [2.24, 2.45) is 0 Å². The molecular weight excluding hydrogens is 496 g/mol. The summed E-state index contributed by atoms with van der Waals surface area (Å²) in [6, 6.07) is 38.2. The molecule has 198 valence electrons. The molecular formula is C35H44SiTi-6. The Bertz CT molecular complexity index is 965. The average molecular weight is 541 g/mol. The Kier molecular flexibility index (Phi) is 25.4. The van der Waals surface area contributed by atoms with Crippen molar-refractivity contribution in [3.63, 3.8) is 0 Å². The number of rotatable bonds is 2. The van der Waals surface area contributed by atoms with Crippen molar-refractivity contribution in [3.8, 4) is 0 Å². The van der Waals surface area contributed by atoms with Crippen LogP contribution in [0.3, 0.4) is 0 Å². The SMILES string of the molecule is Cc1cc2ccccc2[cH-]1.Cc1cc2ccccc2[cH-]1.[CH2-]CCC.[CH2-]CCC.[CH3-].[Si]=[Ti].[c-]1ccccc1. The third-order valence-electron chi connectivity index (χ3n) is 4.84. The minimum atomic E-state index is 0. The summed E-state index contributed by atoms with van der Waals surface area (Å²) in [5.41, 5.74) is 2.70. The van der Waals surface area contributed by atoms with E-state index in [4.69, 9.17) is 0 Å². The van der Waals surface area contributed by atoms with Crippen molar-refractivity contribution < 1.29 is 19.2 Å². The average Bonchev–Trinajstić information content (AvgIpc) is 3.52. The minimum absolute atomic E-state index is 0. The fraction of sp³-hybridized carbons (Fsp3) is 0.229. The molecule has 0 saturated heterocycles. The van der Waals surface area contributed by atoms with E-state index in [1.165, 1.54) is 45.5 Å². The summed E-state index contributed by atoms with van der Waals surface area (Å²) >= 11 is 1.81. The van der Waals surface area contributed by atoms with E-state index in [0.29, 0.717) is 0 Å². The molecule has 37 heavy (non-hydrogen) atoms. The van der Waals surface area contributed by atoms with Gasteiger partial charge in [-0.3, -0.25) is 0 Å². The van der Waals surface area contributed by atoms with Crippen LogP contribution in [0, 0.1) is 41.2 Å². The second kappa shape index (κ2) is 25.5. The monoisotopic (exact) mass is 540 g/mol. The summed E-state index contributed by atoms with van der Waals surface area (Å²) in [4.78, 5) is 0. The third-order valence-corrected chi connectivity index (χ3v) is 4.84. The Morgan fingerprint density at radius 3 is 1.27 bits per heavy atom. The van der Waals surface area contributed by atoms with Crippen molar-refractivity contribution in [2.75, 3.05) is 0 Å². The molecule has 0 aliphatic carbocycles. The van der Waals surface area contributed by atoms with Crippen molar-refractivity contribution in [1.29, 1.82) is 0 Å². The second-order valence-corrected chi connectivity index (χ2v) is 8.11. The molecule has 0 N–H and O–H groups in total. The Hall–Kier alpha value is -2.19. The van der Waals surface area contributed by atoms with E-state index in [0.717, 1.165) is 12.8 Å². The smallest absolute Gasteiger partial charge is 0.171 e. The summed E-state index contributed by atoms with van der Waals surface area (Å²) in [6.07, 6.45) is 4.56. The molecule has 0 bridgehead atoms. The molecule has 5 rings (SSSR count). The maximum absolute atomic E-state index is 3.60. The van der Waals surface area contributed by atoms with Gasteiger partial charge in [-0.25, -0.2) is 0 Å². The fourth-order valence-corrected chi connectivity index (χ4v) is 2.95. The van der Waals surface area contributed by atoms with Gasteiger partial charge in [-0.15, -0.1) is 81.2 Å². The van der Waals surface area contributed by atoms with Gasteiger partial charge in [0.25, 0.3) is 0 Å². The van der Waals surface area contributed by atoms with Crippen LogP contribution in [0.1, 0.15) is 50.7 Å². The van der Waals surface area contributed by atoms with Crippen LogP contribution in [-0.4, -0.2) is 7.63 Å². The first-order chi connectivity index (χ1) is 17.5. The standard InChI is InChI=1S/2C10H9.C6H5.2C4H9.CH3.Si.Ti/c2*1-8-6-9-4-2-3-5-10(9)7-8;1-2-4-6-5-3-1;2*1-3-4-2;;;/h2*2-7H,1H3;1-5H;2*1,3-4H2,2H3;1H3;;/q6*-1;;. The summed E-state index contributed by atoms with van der Waals surface area (Å²) in [7, 11) is 2.97. The predicted molar refractivity (Wildman–Crippen MR) is 167 cm³/mol. The molecule has 0 saturated carbocycles. The van der Waals surface area contributed by atoms with E-state index >= 15 is 0 Å². The zero-order valence-corrected chi connectivity index (χ0v) is 26.1. The van der Waals surface area contributed by atoms with Crippen LogP contribution >= 0.6 is 0 Å². The summed E-state index contributed by atoms with van der Waals surface area (Å²) < 4.78 is 0. The molecule has 0 heterocycles. The molecule has 0 aliphatic heterocycles. The van der Waals surface area contributed by atoms with Crippen LogP contribution in [0.15, 0.2) is 103 Å². The van der Waals surface area contributed by atoms with Gasteiger partial charge in [0.05, 0.1) is 0 Å². The molecule has 0 aromatic heterocycles. The Morgan fingerprint density at radius 1 is 0.676 bits per heavy atom. The van der Waals surface area contributed by atoms with Crippen LogP contribution < -0.4 is 0 Å². The molecule has 0 nitrogen and oxygen atoms in total. The van der Waals surface area contributed by atoms with Crippen LogP contribution in [0.2, 0.25) is 0 Å². The summed E-state index contributed by atoms with van der Waals surface area (Å²) in [6.45, 7) is 15.7. The van der Waals surface area contributed by atoms with E-state index in [2.05, 4.69) is 128 Å². The number of hydrogen-bond acceptors (Lipinski definition) is 0. The second-order valence-electron chi connectivity index (χ2n) is 8.11. The van der Waals surface area contributed by atoms with E-state index in [-0.39, 0.29) is 7.43 Å². The van der Waals surface area contributed by atoms with Gasteiger partial charge in [0.2, 0.25) is 0 Å². The number of hydrogen-bond donors (Lipinski definition) is 0. The quantitative estimate of drug-likeness (QED) is 0.154. The Balaban J connectivity index is 0. The Labute approximate surface area is 242 Å². The predicted octanol–water partition coefficient (Wildman–Crippen LogP) is 10.5. The third kappa shape index (κ3) is 17.8. The maximum atomic E-state index is 3.60. The largest absolute Gasteiger partial charge is 0.184 e. The van der Waals surface area contributed by atoms with Gasteiger partial charge in [0.15, 0.2) is 0 Å². The molecule has 2 heteroatoms. The van der Waals surface area contributed by atoms with Crippen LogP contribution in [0.5, 0.6) is 0 Å². The van der Waals surface area contributed by atoms with E-state index in [1.54, 1.807) is 19.2 Å². The van der Waals surface area contributed by atoms with Crippen molar-refractivity contribution in [3.05, 3.63) is 142 Å². The molecule has 0 atom stereocenters. The van der Waals surface area contributed by atoms with Gasteiger partial charge in [-0.1, -0.05) is 52.7 Å². The zero-order chi connectivity index (χ0) is 27.0. The Morgan fingerprint density at radius 2 is 1.03 bits per heavy atom. The number of aryl methyl sites for hydroxylation is 2. The van der Waals surface area contributed by atoms with Gasteiger partial charge >= 0.3 is 26.8 Å². The molecule has 0 unspecified atom stereocenters. The molecule has 0 spiro atoms. The number of benzene rings is 3. The van der Waals surface area contributed by atoms with Crippen molar-refractivity contribution in [2.45, 2.75) is 53.4 Å². The summed E-state index contributed by atoms with van der Waals surface area (Å²) in [5.74, 6) is 0. The molecule has 5 aromatic carbocycles. The van der Waals surface area contributed by atoms with Gasteiger partial charge in [-0.05, 0) is 0 Å². The maximum Gasteiger partial charge on any atom is -0.171 e. The number of fused-ring (bicyclic) bond motifs is 2. The topological polar surface area (TPSA) is 0 Å². The number of unbranched alkanes of at least 4 members (excludes halogenated alkanes) is 2. The molecule has 0 aliphatic rings. The van der Waals surface area contributed by atoms with E-state index < -0.39 is 0 Å². The molecule has 0 fully saturated rings. The van der Waals surface area contributed by atoms with Gasteiger partial charge in [0.1, 0.15) is 0 Å². The summed E-state index contributed by atoms with van der Waals surface area (Å²) in [5, 5.41) is 5.39. The fourth-order valence-electron chi connectivity index (χ4n) is 2.95. The van der Waals surface area contributed by atoms with Gasteiger partial charge < -0.3 is 21.3 Å². The van der Waals surface area contributed by atoms with E-state index in [9.17, 15) is 0 Å². The zero-order valence-electron chi connectivity index (χ0n) is 23.6. The van der Waals surface area contributed by atoms with E-state index in [1.807, 2.05) is 30.3 Å². The van der Waals surface area contributed by atoms with Crippen LogP contribution in [0.25, 0.3) is 21.5 Å². The van der Waals surface area contributed by atoms with Crippen LogP contribution in [0.4, 0.5) is 0 Å². The van der Waals surface area contributed by atoms with Gasteiger partial charge in [-0.2, -0.15) is 61.4 Å². The normalized spacial score (nSPS) is 8.68. The van der Waals surface area contributed by atoms with Crippen molar-refractivity contribution >= 4 is 29.2 Å². The first-order valence-electron chi connectivity index (χ1n) is 12.5. The van der Waals surface area contributed by atoms with Gasteiger partial charge in [0, 0.05) is 0 Å². The molecule has 2 radical (unpaired) electrons. The molecule has 0 amide bonds. The minimum Gasteiger partial charge on any atom is -0.184 e.